The maximum absolute atomic E-state index is 4.60. The van der Waals surface area contributed by atoms with Gasteiger partial charge in [0.05, 0.1) is 0 Å². The largest absolute Gasteiger partial charge is 0.373 e. The second-order valence-electron chi connectivity index (χ2n) is 8.79. The first-order valence-electron chi connectivity index (χ1n) is 12.0. The Labute approximate surface area is 198 Å². The van der Waals surface area contributed by atoms with Crippen molar-refractivity contribution in [2.75, 3.05) is 37.4 Å². The smallest absolute Gasteiger partial charge is 0.227 e. The van der Waals surface area contributed by atoms with Crippen LogP contribution in [0.15, 0.2) is 79.0 Å². The maximum atomic E-state index is 4.60. The van der Waals surface area contributed by atoms with E-state index < -0.39 is 0 Å². The molecule has 0 spiro atoms. The maximum Gasteiger partial charge on any atom is 0.227 e. The minimum absolute atomic E-state index is 0.510. The molecule has 1 aliphatic rings. The molecule has 5 nitrogen and oxygen atoms in total. The first-order valence-corrected chi connectivity index (χ1v) is 12.0. The fourth-order valence-electron chi connectivity index (χ4n) is 4.66. The SMILES string of the molecule is CNc1ccnc(N(C)C2CCC(CNCC=C(c3ccccc3)c3ccccc3)CC2)n1. The number of nitrogens with zero attached hydrogens (tertiary/aromatic N) is 3. The lowest BCUT2D eigenvalue weighted by Gasteiger charge is -2.34. The van der Waals surface area contributed by atoms with Gasteiger partial charge in [0.1, 0.15) is 5.82 Å². The molecule has 0 amide bonds. The van der Waals surface area contributed by atoms with E-state index in [1.165, 1.54) is 42.4 Å². The van der Waals surface area contributed by atoms with E-state index in [2.05, 4.69) is 99.3 Å². The molecule has 0 atom stereocenters. The van der Waals surface area contributed by atoms with Gasteiger partial charge in [-0.25, -0.2) is 4.98 Å². The Kier molecular flexibility index (Phi) is 8.09. The predicted octanol–water partition coefficient (Wildman–Crippen LogP) is 5.23. The first kappa shape index (κ1) is 23.0. The normalized spacial score (nSPS) is 17.9. The van der Waals surface area contributed by atoms with Crippen molar-refractivity contribution in [3.63, 3.8) is 0 Å². The summed E-state index contributed by atoms with van der Waals surface area (Å²) in [5.74, 6) is 2.40. The Morgan fingerprint density at radius 2 is 1.58 bits per heavy atom. The summed E-state index contributed by atoms with van der Waals surface area (Å²) < 4.78 is 0. The monoisotopic (exact) mass is 441 g/mol. The van der Waals surface area contributed by atoms with Crippen LogP contribution in [0.3, 0.4) is 0 Å². The number of nitrogens with one attached hydrogen (secondary N) is 2. The molecule has 2 aromatic carbocycles. The summed E-state index contributed by atoms with van der Waals surface area (Å²) in [6.07, 6.45) is 9.00. The number of hydrogen-bond donors (Lipinski definition) is 2. The van der Waals surface area contributed by atoms with Gasteiger partial charge in [-0.2, -0.15) is 4.98 Å². The van der Waals surface area contributed by atoms with Crippen LogP contribution in [0.25, 0.3) is 5.57 Å². The summed E-state index contributed by atoms with van der Waals surface area (Å²) in [5.41, 5.74) is 3.81. The van der Waals surface area contributed by atoms with Gasteiger partial charge in [-0.05, 0) is 60.9 Å². The summed E-state index contributed by atoms with van der Waals surface area (Å²) in [6.45, 7) is 1.94. The zero-order chi connectivity index (χ0) is 22.9. The minimum Gasteiger partial charge on any atom is -0.373 e. The van der Waals surface area contributed by atoms with Crippen molar-refractivity contribution in [2.24, 2.45) is 5.92 Å². The Bertz CT molecular complexity index is 969. The number of anilines is 2. The van der Waals surface area contributed by atoms with E-state index in [0.29, 0.717) is 6.04 Å². The molecule has 0 aliphatic heterocycles. The van der Waals surface area contributed by atoms with Crippen LogP contribution in [0.5, 0.6) is 0 Å². The average molecular weight is 442 g/mol. The van der Waals surface area contributed by atoms with Crippen LogP contribution in [0.4, 0.5) is 11.8 Å². The van der Waals surface area contributed by atoms with Crippen LogP contribution in [0, 0.1) is 5.92 Å². The van der Waals surface area contributed by atoms with Crippen LogP contribution in [-0.4, -0.2) is 43.2 Å². The van der Waals surface area contributed by atoms with Gasteiger partial charge in [0.15, 0.2) is 0 Å². The summed E-state index contributed by atoms with van der Waals surface area (Å²) in [4.78, 5) is 11.3. The standard InChI is InChI=1S/C28H35N5/c1-29-27-18-20-31-28(32-27)33(2)25-15-13-22(14-16-25)21-30-19-17-26(23-9-5-3-6-10-23)24-11-7-4-8-12-24/h3-12,17-18,20,22,25,30H,13-16,19,21H2,1-2H3,(H,29,31,32). The Morgan fingerprint density at radius 1 is 0.939 bits per heavy atom. The van der Waals surface area contributed by atoms with E-state index >= 15 is 0 Å². The molecular weight excluding hydrogens is 406 g/mol. The first-order chi connectivity index (χ1) is 16.2. The third-order valence-electron chi connectivity index (χ3n) is 6.63. The number of benzene rings is 2. The van der Waals surface area contributed by atoms with Crippen LogP contribution < -0.4 is 15.5 Å². The number of hydrogen-bond acceptors (Lipinski definition) is 5. The van der Waals surface area contributed by atoms with Crippen molar-refractivity contribution < 1.29 is 0 Å². The van der Waals surface area contributed by atoms with Crippen LogP contribution in [-0.2, 0) is 0 Å². The van der Waals surface area contributed by atoms with Crippen molar-refractivity contribution in [1.29, 1.82) is 0 Å². The fraction of sp³-hybridized carbons (Fsp3) is 0.357. The van der Waals surface area contributed by atoms with Gasteiger partial charge in [-0.3, -0.25) is 0 Å². The molecule has 172 valence electrons. The van der Waals surface area contributed by atoms with E-state index in [1.807, 2.05) is 19.3 Å². The molecule has 0 saturated heterocycles. The van der Waals surface area contributed by atoms with Crippen molar-refractivity contribution in [3.05, 3.63) is 90.1 Å². The fourth-order valence-corrected chi connectivity index (χ4v) is 4.66. The van der Waals surface area contributed by atoms with Gasteiger partial charge < -0.3 is 15.5 Å². The van der Waals surface area contributed by atoms with Crippen LogP contribution >= 0.6 is 0 Å². The molecule has 1 heterocycles. The van der Waals surface area contributed by atoms with Crippen molar-refractivity contribution >= 4 is 17.3 Å². The number of rotatable bonds is 9. The van der Waals surface area contributed by atoms with Gasteiger partial charge in [0, 0.05) is 32.9 Å². The third-order valence-corrected chi connectivity index (χ3v) is 6.63. The lowest BCUT2D eigenvalue weighted by molar-refractivity contribution is 0.311. The summed E-state index contributed by atoms with van der Waals surface area (Å²) in [5, 5.41) is 6.79. The van der Waals surface area contributed by atoms with Gasteiger partial charge in [0.2, 0.25) is 5.95 Å². The zero-order valence-corrected chi connectivity index (χ0v) is 19.7. The molecule has 33 heavy (non-hydrogen) atoms. The molecule has 3 aromatic rings. The van der Waals surface area contributed by atoms with Crippen LogP contribution in [0.2, 0.25) is 0 Å². The molecule has 1 fully saturated rings. The highest BCUT2D eigenvalue weighted by Gasteiger charge is 2.25. The van der Waals surface area contributed by atoms with Crippen molar-refractivity contribution in [1.82, 2.24) is 15.3 Å². The Morgan fingerprint density at radius 3 is 2.18 bits per heavy atom. The lowest BCUT2D eigenvalue weighted by atomic mass is 9.85. The van der Waals surface area contributed by atoms with Crippen molar-refractivity contribution in [2.45, 2.75) is 31.7 Å². The zero-order valence-electron chi connectivity index (χ0n) is 19.7. The molecule has 0 unspecified atom stereocenters. The molecule has 1 saturated carbocycles. The van der Waals surface area contributed by atoms with Gasteiger partial charge >= 0.3 is 0 Å². The minimum atomic E-state index is 0.510. The van der Waals surface area contributed by atoms with Gasteiger partial charge in [-0.15, -0.1) is 0 Å². The molecule has 0 radical (unpaired) electrons. The summed E-state index contributed by atoms with van der Waals surface area (Å²) in [6, 6.07) is 23.7. The lowest BCUT2D eigenvalue weighted by Crippen LogP contribution is -2.38. The molecule has 4 rings (SSSR count). The quantitative estimate of drug-likeness (QED) is 0.445. The predicted molar refractivity (Wildman–Crippen MR) is 139 cm³/mol. The van der Waals surface area contributed by atoms with Crippen molar-refractivity contribution in [3.8, 4) is 0 Å². The summed E-state index contributed by atoms with van der Waals surface area (Å²) in [7, 11) is 4.01. The second-order valence-corrected chi connectivity index (χ2v) is 8.79. The van der Waals surface area contributed by atoms with E-state index in [4.69, 9.17) is 0 Å². The highest BCUT2D eigenvalue weighted by atomic mass is 15.3. The number of aromatic nitrogens is 2. The summed E-state index contributed by atoms with van der Waals surface area (Å²) >= 11 is 0. The van der Waals surface area contributed by atoms with Crippen LogP contribution in [0.1, 0.15) is 36.8 Å². The van der Waals surface area contributed by atoms with E-state index in [1.54, 1.807) is 0 Å². The van der Waals surface area contributed by atoms with Gasteiger partial charge in [0.25, 0.3) is 0 Å². The Balaban J connectivity index is 1.28. The highest BCUT2D eigenvalue weighted by Crippen LogP contribution is 2.28. The van der Waals surface area contributed by atoms with E-state index in [0.717, 1.165) is 30.8 Å². The molecule has 5 heteroatoms. The average Bonchev–Trinajstić information content (AvgIpc) is 2.89. The molecular formula is C28H35N5. The molecule has 2 N–H and O–H groups in total. The van der Waals surface area contributed by atoms with E-state index in [9.17, 15) is 0 Å². The second kappa shape index (κ2) is 11.6. The Hall–Kier alpha value is -3.18. The topological polar surface area (TPSA) is 53.1 Å². The third kappa shape index (κ3) is 6.20. The molecule has 1 aliphatic carbocycles. The highest BCUT2D eigenvalue weighted by molar-refractivity contribution is 5.79. The molecule has 0 bridgehead atoms. The van der Waals surface area contributed by atoms with Gasteiger partial charge in [-0.1, -0.05) is 66.7 Å². The molecule has 1 aromatic heterocycles. The van der Waals surface area contributed by atoms with E-state index in [-0.39, 0.29) is 0 Å².